The Morgan fingerprint density at radius 1 is 0.931 bits per heavy atom. The van der Waals surface area contributed by atoms with Gasteiger partial charge in [0.2, 0.25) is 11.9 Å². The summed E-state index contributed by atoms with van der Waals surface area (Å²) < 4.78 is 5.73. The minimum Gasteiger partial charge on any atom is -0.493 e. The molecule has 1 amide bonds. The van der Waals surface area contributed by atoms with Crippen LogP contribution in [-0.4, -0.2) is 22.5 Å². The number of para-hydroxylation sites is 1. The van der Waals surface area contributed by atoms with E-state index in [0.29, 0.717) is 25.4 Å². The van der Waals surface area contributed by atoms with Crippen molar-refractivity contribution in [2.24, 2.45) is 0 Å². The Labute approximate surface area is 171 Å². The Morgan fingerprint density at radius 2 is 1.59 bits per heavy atom. The zero-order valence-corrected chi connectivity index (χ0v) is 17.0. The van der Waals surface area contributed by atoms with Crippen molar-refractivity contribution in [1.29, 1.82) is 0 Å². The van der Waals surface area contributed by atoms with E-state index in [4.69, 9.17) is 4.74 Å². The van der Waals surface area contributed by atoms with Crippen LogP contribution in [0.2, 0.25) is 0 Å². The van der Waals surface area contributed by atoms with Crippen molar-refractivity contribution >= 4 is 23.2 Å². The second-order valence-electron chi connectivity index (χ2n) is 6.94. The van der Waals surface area contributed by atoms with E-state index in [9.17, 15) is 4.79 Å². The standard InChI is InChI=1S/C23H26N4O2/c1-16-7-4-5-8-21(16)29-14-6-9-22(28)26-19-10-12-20(13-11-19)27-23-24-17(2)15-18(3)25-23/h4-5,7-8,10-13,15H,6,9,14H2,1-3H3,(H,26,28)(H,24,25,27). The summed E-state index contributed by atoms with van der Waals surface area (Å²) in [6, 6.07) is 17.3. The third kappa shape index (κ3) is 6.31. The molecular formula is C23H26N4O2. The summed E-state index contributed by atoms with van der Waals surface area (Å²) in [6.45, 7) is 6.39. The smallest absolute Gasteiger partial charge is 0.227 e. The van der Waals surface area contributed by atoms with E-state index in [1.54, 1.807) is 0 Å². The lowest BCUT2D eigenvalue weighted by molar-refractivity contribution is -0.116. The molecule has 150 valence electrons. The zero-order chi connectivity index (χ0) is 20.6. The van der Waals surface area contributed by atoms with Gasteiger partial charge in [-0.05, 0) is 69.2 Å². The molecule has 29 heavy (non-hydrogen) atoms. The van der Waals surface area contributed by atoms with Crippen LogP contribution in [0.15, 0.2) is 54.6 Å². The van der Waals surface area contributed by atoms with E-state index in [0.717, 1.165) is 34.1 Å². The SMILES string of the molecule is Cc1cc(C)nc(Nc2ccc(NC(=O)CCCOc3ccccc3C)cc2)n1. The molecule has 0 spiro atoms. The average Bonchev–Trinajstić information content (AvgIpc) is 2.67. The number of carbonyl (C=O) groups excluding carboxylic acids is 1. The molecule has 0 saturated heterocycles. The van der Waals surface area contributed by atoms with Crippen molar-refractivity contribution in [1.82, 2.24) is 9.97 Å². The highest BCUT2D eigenvalue weighted by Crippen LogP contribution is 2.18. The van der Waals surface area contributed by atoms with Gasteiger partial charge in [-0.1, -0.05) is 18.2 Å². The largest absolute Gasteiger partial charge is 0.493 e. The van der Waals surface area contributed by atoms with Gasteiger partial charge < -0.3 is 15.4 Å². The third-order valence-electron chi connectivity index (χ3n) is 4.31. The lowest BCUT2D eigenvalue weighted by atomic mass is 10.2. The monoisotopic (exact) mass is 390 g/mol. The number of aryl methyl sites for hydroxylation is 3. The third-order valence-corrected chi connectivity index (χ3v) is 4.31. The number of carbonyl (C=O) groups is 1. The van der Waals surface area contributed by atoms with E-state index in [1.165, 1.54) is 0 Å². The van der Waals surface area contributed by atoms with Gasteiger partial charge in [0.25, 0.3) is 0 Å². The molecule has 2 N–H and O–H groups in total. The fourth-order valence-electron chi connectivity index (χ4n) is 2.90. The molecule has 0 atom stereocenters. The maximum atomic E-state index is 12.1. The first-order chi connectivity index (χ1) is 14.0. The van der Waals surface area contributed by atoms with Crippen LogP contribution in [0.5, 0.6) is 5.75 Å². The highest BCUT2D eigenvalue weighted by molar-refractivity contribution is 5.90. The summed E-state index contributed by atoms with van der Waals surface area (Å²) in [5.41, 5.74) is 4.53. The van der Waals surface area contributed by atoms with Gasteiger partial charge in [-0.25, -0.2) is 9.97 Å². The lowest BCUT2D eigenvalue weighted by Crippen LogP contribution is -2.13. The predicted molar refractivity (Wildman–Crippen MR) is 116 cm³/mol. The number of hydrogen-bond acceptors (Lipinski definition) is 5. The molecule has 0 aliphatic heterocycles. The number of aromatic nitrogens is 2. The molecule has 3 aromatic rings. The fourth-order valence-corrected chi connectivity index (χ4v) is 2.90. The van der Waals surface area contributed by atoms with Crippen molar-refractivity contribution in [3.8, 4) is 5.75 Å². The van der Waals surface area contributed by atoms with Crippen LogP contribution in [0, 0.1) is 20.8 Å². The Morgan fingerprint density at radius 3 is 2.28 bits per heavy atom. The van der Waals surface area contributed by atoms with E-state index in [1.807, 2.05) is 75.4 Å². The summed E-state index contributed by atoms with van der Waals surface area (Å²) in [6.07, 6.45) is 1.06. The first-order valence-electron chi connectivity index (χ1n) is 9.67. The number of amides is 1. The number of ether oxygens (including phenoxy) is 1. The maximum Gasteiger partial charge on any atom is 0.227 e. The average molecular weight is 390 g/mol. The normalized spacial score (nSPS) is 10.4. The van der Waals surface area contributed by atoms with Gasteiger partial charge in [0.15, 0.2) is 0 Å². The minimum atomic E-state index is -0.0308. The van der Waals surface area contributed by atoms with Gasteiger partial charge >= 0.3 is 0 Å². The molecule has 0 aliphatic rings. The van der Waals surface area contributed by atoms with Crippen molar-refractivity contribution in [3.63, 3.8) is 0 Å². The second-order valence-corrected chi connectivity index (χ2v) is 6.94. The minimum absolute atomic E-state index is 0.0308. The molecule has 1 aromatic heterocycles. The van der Waals surface area contributed by atoms with Gasteiger partial charge in [-0.15, -0.1) is 0 Å². The number of benzene rings is 2. The molecule has 0 unspecified atom stereocenters. The van der Waals surface area contributed by atoms with Crippen LogP contribution in [-0.2, 0) is 4.79 Å². The van der Waals surface area contributed by atoms with E-state index >= 15 is 0 Å². The fraction of sp³-hybridized carbons (Fsp3) is 0.261. The van der Waals surface area contributed by atoms with E-state index in [2.05, 4.69) is 20.6 Å². The molecule has 1 heterocycles. The summed E-state index contributed by atoms with van der Waals surface area (Å²) in [4.78, 5) is 20.9. The highest BCUT2D eigenvalue weighted by atomic mass is 16.5. The van der Waals surface area contributed by atoms with Gasteiger partial charge in [-0.2, -0.15) is 0 Å². The van der Waals surface area contributed by atoms with Crippen LogP contribution in [0.25, 0.3) is 0 Å². The van der Waals surface area contributed by atoms with Crippen LogP contribution in [0.3, 0.4) is 0 Å². The van der Waals surface area contributed by atoms with Crippen molar-refractivity contribution in [3.05, 3.63) is 71.5 Å². The van der Waals surface area contributed by atoms with Crippen LogP contribution in [0.1, 0.15) is 29.8 Å². The molecule has 6 nitrogen and oxygen atoms in total. The van der Waals surface area contributed by atoms with Crippen molar-refractivity contribution < 1.29 is 9.53 Å². The second kappa shape index (κ2) is 9.68. The number of nitrogens with one attached hydrogen (secondary N) is 2. The summed E-state index contributed by atoms with van der Waals surface area (Å²) in [5, 5.41) is 6.08. The Bertz CT molecular complexity index is 951. The first kappa shape index (κ1) is 20.3. The molecule has 2 aromatic carbocycles. The molecule has 0 aliphatic carbocycles. The molecule has 0 bridgehead atoms. The molecule has 6 heteroatoms. The van der Waals surface area contributed by atoms with Crippen LogP contribution < -0.4 is 15.4 Å². The molecular weight excluding hydrogens is 364 g/mol. The van der Waals surface area contributed by atoms with Gasteiger partial charge in [0, 0.05) is 29.2 Å². The summed E-state index contributed by atoms with van der Waals surface area (Å²) in [7, 11) is 0. The quantitative estimate of drug-likeness (QED) is 0.533. The summed E-state index contributed by atoms with van der Waals surface area (Å²) in [5.74, 6) is 1.40. The van der Waals surface area contributed by atoms with Gasteiger partial charge in [0.1, 0.15) is 5.75 Å². The van der Waals surface area contributed by atoms with Crippen LogP contribution >= 0.6 is 0 Å². The Hall–Kier alpha value is -3.41. The highest BCUT2D eigenvalue weighted by Gasteiger charge is 2.05. The molecule has 3 rings (SSSR count). The van der Waals surface area contributed by atoms with E-state index in [-0.39, 0.29) is 5.91 Å². The van der Waals surface area contributed by atoms with Crippen molar-refractivity contribution in [2.45, 2.75) is 33.6 Å². The predicted octanol–water partition coefficient (Wildman–Crippen LogP) is 4.94. The zero-order valence-electron chi connectivity index (χ0n) is 17.0. The van der Waals surface area contributed by atoms with E-state index < -0.39 is 0 Å². The lowest BCUT2D eigenvalue weighted by Gasteiger charge is -2.10. The maximum absolute atomic E-state index is 12.1. The molecule has 0 radical (unpaired) electrons. The van der Waals surface area contributed by atoms with Crippen LogP contribution in [0.4, 0.5) is 17.3 Å². The summed E-state index contributed by atoms with van der Waals surface area (Å²) >= 11 is 0. The molecule has 0 fully saturated rings. The topological polar surface area (TPSA) is 76.1 Å². The Balaban J connectivity index is 1.44. The number of nitrogens with zero attached hydrogens (tertiary/aromatic N) is 2. The van der Waals surface area contributed by atoms with Gasteiger partial charge in [0.05, 0.1) is 6.61 Å². The Kier molecular flexibility index (Phi) is 6.79. The molecule has 0 saturated carbocycles. The number of anilines is 3. The number of rotatable bonds is 8. The van der Waals surface area contributed by atoms with Crippen molar-refractivity contribution in [2.75, 3.05) is 17.2 Å². The van der Waals surface area contributed by atoms with Gasteiger partial charge in [-0.3, -0.25) is 4.79 Å². The number of hydrogen-bond donors (Lipinski definition) is 2. The first-order valence-corrected chi connectivity index (χ1v) is 9.67.